The van der Waals surface area contributed by atoms with Crippen LogP contribution in [-0.4, -0.2) is 42.2 Å². The summed E-state index contributed by atoms with van der Waals surface area (Å²) in [5, 5.41) is 12.7. The Morgan fingerprint density at radius 3 is 2.75 bits per heavy atom. The van der Waals surface area contributed by atoms with E-state index >= 15 is 0 Å². The molecule has 5 heteroatoms. The van der Waals surface area contributed by atoms with E-state index in [4.69, 9.17) is 4.74 Å². The highest BCUT2D eigenvalue weighted by molar-refractivity contribution is 7.10. The number of methoxy groups -OCH3 is 1. The van der Waals surface area contributed by atoms with Crippen LogP contribution in [0.3, 0.4) is 0 Å². The predicted octanol–water partition coefficient (Wildman–Crippen LogP) is 3.36. The Morgan fingerprint density at radius 2 is 2.12 bits per heavy atom. The number of likely N-dealkylation sites (tertiary alicyclic amines) is 1. The number of carbonyl (C=O) groups excluding carboxylic acids is 1. The molecule has 0 unspecified atom stereocenters. The molecule has 24 heavy (non-hydrogen) atoms. The number of carbonyl (C=O) groups is 1. The zero-order chi connectivity index (χ0) is 17.3. The first-order chi connectivity index (χ1) is 11.5. The Bertz CT molecular complexity index is 740. The van der Waals surface area contributed by atoms with Gasteiger partial charge in [0.05, 0.1) is 18.8 Å². The summed E-state index contributed by atoms with van der Waals surface area (Å²) >= 11 is 1.69. The lowest BCUT2D eigenvalue weighted by atomic mass is 9.90. The smallest absolute Gasteiger partial charge is 0.257 e. The standard InChI is InChI=1S/C19H23NO3S/c1-12-4-5-17(23-3)15(10-12)19(22)20-8-6-14(16(21)11-20)18-13(2)7-9-24-18/h4-5,7,9-10,14,16,21H,6,8,11H2,1-3H3/t14-,16-/m0/s1. The van der Waals surface area contributed by atoms with Crippen molar-refractivity contribution < 1.29 is 14.6 Å². The van der Waals surface area contributed by atoms with Crippen molar-refractivity contribution in [1.82, 2.24) is 4.90 Å². The van der Waals surface area contributed by atoms with Crippen molar-refractivity contribution in [2.24, 2.45) is 0 Å². The molecule has 2 heterocycles. The molecule has 1 N–H and O–H groups in total. The summed E-state index contributed by atoms with van der Waals surface area (Å²) in [5.41, 5.74) is 2.81. The number of rotatable bonds is 3. The minimum Gasteiger partial charge on any atom is -0.496 e. The van der Waals surface area contributed by atoms with E-state index in [-0.39, 0.29) is 11.8 Å². The summed E-state index contributed by atoms with van der Waals surface area (Å²) < 4.78 is 5.33. The van der Waals surface area contributed by atoms with E-state index in [9.17, 15) is 9.90 Å². The first-order valence-electron chi connectivity index (χ1n) is 8.17. The van der Waals surface area contributed by atoms with Gasteiger partial charge in [-0.25, -0.2) is 0 Å². The summed E-state index contributed by atoms with van der Waals surface area (Å²) in [7, 11) is 1.57. The van der Waals surface area contributed by atoms with Gasteiger partial charge < -0.3 is 14.7 Å². The van der Waals surface area contributed by atoms with E-state index in [0.29, 0.717) is 24.4 Å². The summed E-state index contributed by atoms with van der Waals surface area (Å²) in [5.74, 6) is 0.626. The fraction of sp³-hybridized carbons (Fsp3) is 0.421. The van der Waals surface area contributed by atoms with Crippen molar-refractivity contribution in [3.63, 3.8) is 0 Å². The SMILES string of the molecule is COc1ccc(C)cc1C(=O)N1CC[C@H](c2sccc2C)[C@@H](O)C1. The van der Waals surface area contributed by atoms with Gasteiger partial charge in [-0.3, -0.25) is 4.79 Å². The van der Waals surface area contributed by atoms with Crippen LogP contribution >= 0.6 is 11.3 Å². The highest BCUT2D eigenvalue weighted by atomic mass is 32.1. The highest BCUT2D eigenvalue weighted by Gasteiger charge is 2.33. The predicted molar refractivity (Wildman–Crippen MR) is 96.1 cm³/mol. The number of aliphatic hydroxyl groups is 1. The molecule has 128 valence electrons. The summed E-state index contributed by atoms with van der Waals surface area (Å²) in [6.07, 6.45) is 0.249. The van der Waals surface area contributed by atoms with Crippen LogP contribution in [0.5, 0.6) is 5.75 Å². The Morgan fingerprint density at radius 1 is 1.33 bits per heavy atom. The number of aryl methyl sites for hydroxylation is 2. The molecule has 2 atom stereocenters. The second-order valence-corrected chi connectivity index (χ2v) is 7.33. The summed E-state index contributed by atoms with van der Waals surface area (Å²) in [6, 6.07) is 7.68. The van der Waals surface area contributed by atoms with Crippen LogP contribution < -0.4 is 4.74 Å². The monoisotopic (exact) mass is 345 g/mol. The maximum absolute atomic E-state index is 12.9. The van der Waals surface area contributed by atoms with Crippen molar-refractivity contribution in [3.8, 4) is 5.75 Å². The van der Waals surface area contributed by atoms with Gasteiger partial charge in [0, 0.05) is 23.9 Å². The minimum atomic E-state index is -0.532. The van der Waals surface area contributed by atoms with E-state index in [1.54, 1.807) is 23.3 Å². The van der Waals surface area contributed by atoms with Crippen LogP contribution in [0.2, 0.25) is 0 Å². The second kappa shape index (κ2) is 6.95. The maximum atomic E-state index is 12.9. The van der Waals surface area contributed by atoms with E-state index < -0.39 is 6.10 Å². The van der Waals surface area contributed by atoms with E-state index in [1.165, 1.54) is 10.4 Å². The van der Waals surface area contributed by atoms with Crippen molar-refractivity contribution in [2.75, 3.05) is 20.2 Å². The molecule has 2 aromatic rings. The van der Waals surface area contributed by atoms with Crippen LogP contribution in [0.25, 0.3) is 0 Å². The third kappa shape index (κ3) is 3.19. The average molecular weight is 345 g/mol. The van der Waals surface area contributed by atoms with Crippen LogP contribution in [0.4, 0.5) is 0 Å². The Hall–Kier alpha value is -1.85. The van der Waals surface area contributed by atoms with Crippen LogP contribution in [0.1, 0.15) is 38.7 Å². The first kappa shape index (κ1) is 17.0. The third-order valence-corrected chi connectivity index (χ3v) is 5.84. The topological polar surface area (TPSA) is 49.8 Å². The lowest BCUT2D eigenvalue weighted by molar-refractivity contribution is 0.0384. The number of ether oxygens (including phenoxy) is 1. The number of piperidine rings is 1. The van der Waals surface area contributed by atoms with Crippen LogP contribution in [0.15, 0.2) is 29.6 Å². The van der Waals surface area contributed by atoms with E-state index in [1.807, 2.05) is 25.1 Å². The molecule has 0 spiro atoms. The zero-order valence-corrected chi connectivity index (χ0v) is 15.1. The number of thiophene rings is 1. The first-order valence-corrected chi connectivity index (χ1v) is 9.05. The fourth-order valence-electron chi connectivity index (χ4n) is 3.35. The van der Waals surface area contributed by atoms with Crippen molar-refractivity contribution >= 4 is 17.2 Å². The van der Waals surface area contributed by atoms with Gasteiger partial charge in [0.1, 0.15) is 5.75 Å². The normalized spacial score (nSPS) is 20.9. The number of aliphatic hydroxyl groups excluding tert-OH is 1. The molecule has 1 aliphatic rings. The van der Waals surface area contributed by atoms with Gasteiger partial charge in [-0.2, -0.15) is 0 Å². The molecule has 1 aliphatic heterocycles. The Labute approximate surface area is 146 Å². The van der Waals surface area contributed by atoms with Gasteiger partial charge in [0.25, 0.3) is 5.91 Å². The molecule has 4 nitrogen and oxygen atoms in total. The number of amides is 1. The molecular formula is C19H23NO3S. The quantitative estimate of drug-likeness (QED) is 0.928. The van der Waals surface area contributed by atoms with Gasteiger partial charge in [-0.15, -0.1) is 11.3 Å². The van der Waals surface area contributed by atoms with Crippen LogP contribution in [-0.2, 0) is 0 Å². The molecule has 1 aromatic carbocycles. The number of β-amino-alcohol motifs (C(OH)–C–C–N with tert-alkyl or cyclic N) is 1. The second-order valence-electron chi connectivity index (χ2n) is 6.39. The van der Waals surface area contributed by atoms with Gasteiger partial charge in [0.15, 0.2) is 0 Å². The molecule has 0 radical (unpaired) electrons. The maximum Gasteiger partial charge on any atom is 0.257 e. The van der Waals surface area contributed by atoms with Gasteiger partial charge in [-0.1, -0.05) is 11.6 Å². The van der Waals surface area contributed by atoms with Gasteiger partial charge in [-0.05, 0) is 49.4 Å². The Balaban J connectivity index is 1.77. The van der Waals surface area contributed by atoms with Crippen LogP contribution in [0, 0.1) is 13.8 Å². The molecule has 0 bridgehead atoms. The molecule has 1 fully saturated rings. The summed E-state index contributed by atoms with van der Waals surface area (Å²) in [4.78, 5) is 15.9. The molecule has 0 aliphatic carbocycles. The van der Waals surface area contributed by atoms with Crippen molar-refractivity contribution in [1.29, 1.82) is 0 Å². The lowest BCUT2D eigenvalue weighted by Crippen LogP contribution is -2.45. The largest absolute Gasteiger partial charge is 0.496 e. The molecular weight excluding hydrogens is 322 g/mol. The lowest BCUT2D eigenvalue weighted by Gasteiger charge is -2.36. The van der Waals surface area contributed by atoms with Gasteiger partial charge >= 0.3 is 0 Å². The number of hydrogen-bond acceptors (Lipinski definition) is 4. The third-order valence-electron chi connectivity index (χ3n) is 4.69. The number of benzene rings is 1. The average Bonchev–Trinajstić information content (AvgIpc) is 3.00. The number of nitrogens with zero attached hydrogens (tertiary/aromatic N) is 1. The summed E-state index contributed by atoms with van der Waals surface area (Å²) in [6.45, 7) is 5.04. The number of hydrogen-bond donors (Lipinski definition) is 1. The van der Waals surface area contributed by atoms with Crippen molar-refractivity contribution in [2.45, 2.75) is 32.3 Å². The van der Waals surface area contributed by atoms with E-state index in [2.05, 4.69) is 18.4 Å². The highest BCUT2D eigenvalue weighted by Crippen LogP contribution is 2.35. The van der Waals surface area contributed by atoms with E-state index in [0.717, 1.165) is 12.0 Å². The van der Waals surface area contributed by atoms with Gasteiger partial charge in [0.2, 0.25) is 0 Å². The molecule has 0 saturated carbocycles. The molecule has 1 amide bonds. The zero-order valence-electron chi connectivity index (χ0n) is 14.3. The molecule has 1 aromatic heterocycles. The minimum absolute atomic E-state index is 0.0732. The Kier molecular flexibility index (Phi) is 4.92. The molecule has 1 saturated heterocycles. The fourth-order valence-corrected chi connectivity index (χ4v) is 4.47. The van der Waals surface area contributed by atoms with Crippen molar-refractivity contribution in [3.05, 3.63) is 51.2 Å². The molecule has 3 rings (SSSR count).